The Bertz CT molecular complexity index is 1420. The number of hydrazone groups is 1. The molecule has 0 spiro atoms. The molecule has 1 aliphatic rings. The number of hydrogen-bond acceptors (Lipinski definition) is 10. The van der Waals surface area contributed by atoms with Gasteiger partial charge in [0.25, 0.3) is 5.91 Å². The molecule has 3 N–H and O–H groups in total. The Kier molecular flexibility index (Phi) is 8.81. The van der Waals surface area contributed by atoms with Gasteiger partial charge >= 0.3 is 6.18 Å². The summed E-state index contributed by atoms with van der Waals surface area (Å²) in [6.07, 6.45) is 0.797. The van der Waals surface area contributed by atoms with Gasteiger partial charge in [0.05, 0.1) is 34.5 Å². The van der Waals surface area contributed by atoms with Gasteiger partial charge in [-0.25, -0.2) is 15.0 Å². The zero-order valence-electron chi connectivity index (χ0n) is 20.3. The minimum Gasteiger partial charge on any atom is -0.368 e. The molecule has 0 saturated heterocycles. The predicted molar refractivity (Wildman–Crippen MR) is 139 cm³/mol. The van der Waals surface area contributed by atoms with E-state index in [0.717, 1.165) is 29.4 Å². The number of halogens is 4. The Morgan fingerprint density at radius 3 is 2.77 bits per heavy atom. The fourth-order valence-corrected chi connectivity index (χ4v) is 4.42. The fourth-order valence-electron chi connectivity index (χ4n) is 3.35. The van der Waals surface area contributed by atoms with Crippen LogP contribution in [0.1, 0.15) is 55.8 Å². The van der Waals surface area contributed by atoms with Crippen LogP contribution in [-0.4, -0.2) is 56.8 Å². The summed E-state index contributed by atoms with van der Waals surface area (Å²) < 4.78 is 39.3. The number of carbonyl (C=O) groups excluding carboxylic acids is 2. The zero-order chi connectivity index (χ0) is 28.0. The Balaban J connectivity index is 1.32. The largest absolute Gasteiger partial charge is 0.417 e. The molecule has 0 saturated carbocycles. The molecule has 0 radical (unpaired) electrons. The van der Waals surface area contributed by atoms with Gasteiger partial charge in [0.2, 0.25) is 0 Å². The third-order valence-corrected chi connectivity index (χ3v) is 6.79. The van der Waals surface area contributed by atoms with Crippen molar-refractivity contribution < 1.29 is 22.8 Å². The van der Waals surface area contributed by atoms with Crippen molar-refractivity contribution in [3.05, 3.63) is 62.7 Å². The molecule has 0 fully saturated rings. The van der Waals surface area contributed by atoms with Crippen LogP contribution in [-0.2, 0) is 12.6 Å². The molecule has 11 nitrogen and oxygen atoms in total. The normalized spacial score (nSPS) is 14.7. The molecule has 0 aromatic carbocycles. The first kappa shape index (κ1) is 28.0. The van der Waals surface area contributed by atoms with Gasteiger partial charge in [0.1, 0.15) is 28.7 Å². The number of aliphatic imine (C=N–C) groups is 1. The van der Waals surface area contributed by atoms with E-state index in [1.807, 2.05) is 0 Å². The predicted octanol–water partition coefficient (Wildman–Crippen LogP) is 3.71. The first-order chi connectivity index (χ1) is 18.6. The van der Waals surface area contributed by atoms with Gasteiger partial charge in [-0.05, 0) is 13.0 Å². The number of aromatic nitrogens is 4. The third-order valence-electron chi connectivity index (χ3n) is 5.27. The zero-order valence-corrected chi connectivity index (χ0v) is 21.9. The molecule has 3 aromatic heterocycles. The molecule has 1 atom stereocenters. The molecule has 0 bridgehead atoms. The summed E-state index contributed by atoms with van der Waals surface area (Å²) in [5, 5.41) is 9.58. The number of anilines is 1. The summed E-state index contributed by atoms with van der Waals surface area (Å²) in [4.78, 5) is 46.0. The van der Waals surface area contributed by atoms with Crippen molar-refractivity contribution in [2.45, 2.75) is 32.0 Å². The molecule has 204 valence electrons. The second kappa shape index (κ2) is 12.3. The summed E-state index contributed by atoms with van der Waals surface area (Å²) in [5.74, 6) is 0.282. The molecule has 4 rings (SSSR count). The van der Waals surface area contributed by atoms with E-state index in [9.17, 15) is 22.8 Å². The maximum atomic E-state index is 13.1. The van der Waals surface area contributed by atoms with Crippen molar-refractivity contribution in [2.24, 2.45) is 10.1 Å². The maximum Gasteiger partial charge on any atom is 0.417 e. The van der Waals surface area contributed by atoms with E-state index in [4.69, 9.17) is 11.6 Å². The number of nitrogens with zero attached hydrogens (tertiary/aromatic N) is 6. The lowest BCUT2D eigenvalue weighted by Crippen LogP contribution is -2.27. The lowest BCUT2D eigenvalue weighted by atomic mass is 10.1. The Hall–Kier alpha value is -3.98. The lowest BCUT2D eigenvalue weighted by Gasteiger charge is -2.11. The van der Waals surface area contributed by atoms with Crippen LogP contribution in [0.2, 0.25) is 5.02 Å². The molecule has 4 heterocycles. The van der Waals surface area contributed by atoms with E-state index in [2.05, 4.69) is 46.1 Å². The van der Waals surface area contributed by atoms with E-state index in [-0.39, 0.29) is 22.7 Å². The topological polar surface area (TPSA) is 147 Å². The van der Waals surface area contributed by atoms with Gasteiger partial charge in [-0.15, -0.1) is 11.3 Å². The number of pyridine rings is 1. The van der Waals surface area contributed by atoms with Gasteiger partial charge in [-0.2, -0.15) is 18.3 Å². The van der Waals surface area contributed by atoms with Crippen LogP contribution in [0.4, 0.5) is 19.0 Å². The van der Waals surface area contributed by atoms with Gasteiger partial charge in [0, 0.05) is 43.3 Å². The van der Waals surface area contributed by atoms with E-state index in [1.165, 1.54) is 18.6 Å². The number of alkyl halides is 3. The summed E-state index contributed by atoms with van der Waals surface area (Å²) in [5.41, 5.74) is 1.78. The lowest BCUT2D eigenvalue weighted by molar-refractivity contribution is -0.137. The van der Waals surface area contributed by atoms with Gasteiger partial charge < -0.3 is 10.6 Å². The smallest absolute Gasteiger partial charge is 0.368 e. The monoisotopic (exact) mass is 579 g/mol. The summed E-state index contributed by atoms with van der Waals surface area (Å²) >= 11 is 6.61. The number of nitrogens with one attached hydrogen (secondary N) is 3. The highest BCUT2D eigenvalue weighted by Gasteiger charge is 2.34. The van der Waals surface area contributed by atoms with Crippen LogP contribution in [0.25, 0.3) is 0 Å². The van der Waals surface area contributed by atoms with Gasteiger partial charge in [-0.3, -0.25) is 25.0 Å². The highest BCUT2D eigenvalue weighted by molar-refractivity contribution is 7.13. The average Bonchev–Trinajstić information content (AvgIpc) is 3.60. The van der Waals surface area contributed by atoms with Crippen molar-refractivity contribution >= 4 is 52.5 Å². The quantitative estimate of drug-likeness (QED) is 0.243. The molecular formula is C23H21ClF3N9O2S. The number of thiazole rings is 1. The second-order valence-corrected chi connectivity index (χ2v) is 9.65. The first-order valence-electron chi connectivity index (χ1n) is 11.5. The van der Waals surface area contributed by atoms with E-state index >= 15 is 0 Å². The van der Waals surface area contributed by atoms with E-state index in [1.54, 1.807) is 13.1 Å². The van der Waals surface area contributed by atoms with Crippen molar-refractivity contribution in [3.63, 3.8) is 0 Å². The Morgan fingerprint density at radius 1 is 1.21 bits per heavy atom. The fraction of sp³-hybridized carbons (Fsp3) is 0.304. The standard InChI is InChI=1S/C23H21ClF3N9O2S/c1-12(35-21(38)16-8-20(33-11-32-16)29-5-4-28-19-2-3-34-36-19)22-31-10-18(39-22)17(37)7-13-6-14(23(25,26)27)15(24)9-30-13/h3,6,8-12H,2,4-5,7H2,1H3,(H,28,36)(H,35,38)(H,29,32,33). The van der Waals surface area contributed by atoms with Crippen molar-refractivity contribution in [1.29, 1.82) is 0 Å². The van der Waals surface area contributed by atoms with Crippen LogP contribution in [0, 0.1) is 0 Å². The Morgan fingerprint density at radius 2 is 2.03 bits per heavy atom. The number of rotatable bonds is 10. The van der Waals surface area contributed by atoms with E-state index < -0.39 is 34.5 Å². The third kappa shape index (κ3) is 7.54. The molecule has 16 heteroatoms. The number of hydrogen-bond donors (Lipinski definition) is 3. The van der Waals surface area contributed by atoms with Crippen molar-refractivity contribution in [3.8, 4) is 0 Å². The molecular weight excluding hydrogens is 559 g/mol. The maximum absolute atomic E-state index is 13.1. The second-order valence-electron chi connectivity index (χ2n) is 8.18. The van der Waals surface area contributed by atoms with Crippen LogP contribution in [0.3, 0.4) is 0 Å². The summed E-state index contributed by atoms with van der Waals surface area (Å²) in [6, 6.07) is 1.68. The molecule has 0 aliphatic carbocycles. The van der Waals surface area contributed by atoms with Crippen LogP contribution < -0.4 is 16.1 Å². The highest BCUT2D eigenvalue weighted by Crippen LogP contribution is 2.34. The van der Waals surface area contributed by atoms with Crippen molar-refractivity contribution in [1.82, 2.24) is 30.7 Å². The van der Waals surface area contributed by atoms with E-state index in [0.29, 0.717) is 30.3 Å². The summed E-state index contributed by atoms with van der Waals surface area (Å²) in [7, 11) is 0. The van der Waals surface area contributed by atoms with Gasteiger partial charge in [0.15, 0.2) is 5.78 Å². The van der Waals surface area contributed by atoms with Crippen LogP contribution >= 0.6 is 22.9 Å². The molecule has 1 amide bonds. The Labute approximate surface area is 229 Å². The molecule has 3 aromatic rings. The average molecular weight is 580 g/mol. The number of carbonyl (C=O) groups is 2. The van der Waals surface area contributed by atoms with Gasteiger partial charge in [-0.1, -0.05) is 11.6 Å². The summed E-state index contributed by atoms with van der Waals surface area (Å²) in [6.45, 7) is 2.65. The molecule has 1 unspecified atom stereocenters. The first-order valence-corrected chi connectivity index (χ1v) is 12.7. The highest BCUT2D eigenvalue weighted by atomic mass is 35.5. The van der Waals surface area contributed by atoms with Crippen molar-refractivity contribution in [2.75, 3.05) is 18.4 Å². The van der Waals surface area contributed by atoms with Crippen LogP contribution in [0.15, 0.2) is 40.9 Å². The number of amidine groups is 1. The minimum absolute atomic E-state index is 0.0714. The number of amides is 1. The molecule has 39 heavy (non-hydrogen) atoms. The SMILES string of the molecule is CC(NC(=O)c1cc(NCCN=C2CC=NN2)ncn1)c1ncc(C(=O)Cc2cc(C(F)(F)F)c(Cl)cn2)s1. The number of ketones is 1. The van der Waals surface area contributed by atoms with Crippen LogP contribution in [0.5, 0.6) is 0 Å². The minimum atomic E-state index is -4.67. The molecule has 1 aliphatic heterocycles. The number of Topliss-reactive ketones (excluding diaryl/α,β-unsaturated/α-hetero) is 1.